The van der Waals surface area contributed by atoms with E-state index < -0.39 is 5.97 Å². The van der Waals surface area contributed by atoms with Crippen molar-refractivity contribution in [3.05, 3.63) is 29.3 Å². The van der Waals surface area contributed by atoms with Crippen LogP contribution in [0.4, 0.5) is 0 Å². The van der Waals surface area contributed by atoms with Crippen LogP contribution in [-0.2, 0) is 9.53 Å². The highest BCUT2D eigenvalue weighted by Crippen LogP contribution is 2.03. The fourth-order valence-corrected chi connectivity index (χ4v) is 0.812. The summed E-state index contributed by atoms with van der Waals surface area (Å²) in [6, 6.07) is 0. The summed E-state index contributed by atoms with van der Waals surface area (Å²) in [5.41, 5.74) is 0.512. The van der Waals surface area contributed by atoms with Gasteiger partial charge in [0.15, 0.2) is 0 Å². The maximum absolute atomic E-state index is 10.7. The van der Waals surface area contributed by atoms with E-state index in [2.05, 4.69) is 14.7 Å². The minimum Gasteiger partial charge on any atom is -0.466 e. The Labute approximate surface area is 80.2 Å². The number of methoxy groups -OCH3 is 1. The summed E-state index contributed by atoms with van der Waals surface area (Å²) in [4.78, 5) is 18.4. The Morgan fingerprint density at radius 2 is 2.38 bits per heavy atom. The van der Waals surface area contributed by atoms with Crippen molar-refractivity contribution in [1.82, 2.24) is 9.97 Å². The summed E-state index contributed by atoms with van der Waals surface area (Å²) < 4.78 is 4.40. The van der Waals surface area contributed by atoms with Crippen LogP contribution in [0.3, 0.4) is 0 Å². The smallest absolute Gasteiger partial charge is 0.330 e. The van der Waals surface area contributed by atoms with Gasteiger partial charge in [-0.05, 0) is 6.08 Å². The average molecular weight is 199 g/mol. The van der Waals surface area contributed by atoms with Gasteiger partial charge < -0.3 is 4.74 Å². The zero-order chi connectivity index (χ0) is 9.68. The summed E-state index contributed by atoms with van der Waals surface area (Å²) in [6.07, 6.45) is 5.63. The molecule has 0 bridgehead atoms. The number of rotatable bonds is 2. The fraction of sp³-hybridized carbons (Fsp3) is 0.125. The minimum absolute atomic E-state index is 0.284. The van der Waals surface area contributed by atoms with Crippen LogP contribution in [0.2, 0.25) is 5.15 Å². The second-order valence-electron chi connectivity index (χ2n) is 2.12. The maximum atomic E-state index is 10.7. The highest BCUT2D eigenvalue weighted by Gasteiger charge is 1.94. The van der Waals surface area contributed by atoms with E-state index in [4.69, 9.17) is 11.6 Å². The second-order valence-corrected chi connectivity index (χ2v) is 2.51. The van der Waals surface area contributed by atoms with Crippen LogP contribution < -0.4 is 0 Å². The molecule has 1 rings (SSSR count). The molecule has 5 heteroatoms. The van der Waals surface area contributed by atoms with Gasteiger partial charge in [-0.3, -0.25) is 4.98 Å². The summed E-state index contributed by atoms with van der Waals surface area (Å²) in [7, 11) is 1.30. The zero-order valence-corrected chi connectivity index (χ0v) is 7.65. The van der Waals surface area contributed by atoms with Crippen LogP contribution in [0.5, 0.6) is 0 Å². The molecule has 68 valence electrons. The summed E-state index contributed by atoms with van der Waals surface area (Å²) in [5, 5.41) is 0.284. The van der Waals surface area contributed by atoms with E-state index in [1.165, 1.54) is 31.7 Å². The quantitative estimate of drug-likeness (QED) is 0.531. The molecule has 0 amide bonds. The highest BCUT2D eigenvalue weighted by molar-refractivity contribution is 6.29. The number of ether oxygens (including phenoxy) is 1. The van der Waals surface area contributed by atoms with Crippen molar-refractivity contribution in [3.8, 4) is 0 Å². The van der Waals surface area contributed by atoms with Gasteiger partial charge in [-0.15, -0.1) is 0 Å². The Kier molecular flexibility index (Phi) is 3.40. The number of carbonyl (C=O) groups is 1. The van der Waals surface area contributed by atoms with Crippen molar-refractivity contribution < 1.29 is 9.53 Å². The topological polar surface area (TPSA) is 52.1 Å². The monoisotopic (exact) mass is 198 g/mol. The van der Waals surface area contributed by atoms with E-state index in [1.54, 1.807) is 0 Å². The number of hydrogen-bond acceptors (Lipinski definition) is 4. The van der Waals surface area contributed by atoms with Crippen molar-refractivity contribution in [1.29, 1.82) is 0 Å². The zero-order valence-electron chi connectivity index (χ0n) is 6.90. The Bertz CT molecular complexity index is 339. The van der Waals surface area contributed by atoms with Gasteiger partial charge in [-0.1, -0.05) is 11.6 Å². The van der Waals surface area contributed by atoms with Crippen molar-refractivity contribution in [2.75, 3.05) is 7.11 Å². The Balaban J connectivity index is 2.74. The first kappa shape index (κ1) is 9.67. The lowest BCUT2D eigenvalue weighted by atomic mass is 10.4. The molecular formula is C8H7ClN2O2. The van der Waals surface area contributed by atoms with Gasteiger partial charge >= 0.3 is 5.97 Å². The molecule has 0 atom stereocenters. The number of carbonyl (C=O) groups excluding carboxylic acids is 1. The first-order valence-corrected chi connectivity index (χ1v) is 3.84. The van der Waals surface area contributed by atoms with Crippen LogP contribution in [0.25, 0.3) is 6.08 Å². The van der Waals surface area contributed by atoms with Crippen LogP contribution in [0.1, 0.15) is 5.69 Å². The first-order chi connectivity index (χ1) is 6.22. The molecule has 0 saturated carbocycles. The molecule has 0 unspecified atom stereocenters. The highest BCUT2D eigenvalue weighted by atomic mass is 35.5. The molecular weight excluding hydrogens is 192 g/mol. The van der Waals surface area contributed by atoms with E-state index in [0.29, 0.717) is 5.69 Å². The van der Waals surface area contributed by atoms with Gasteiger partial charge in [-0.25, -0.2) is 9.78 Å². The number of nitrogens with zero attached hydrogens (tertiary/aromatic N) is 2. The van der Waals surface area contributed by atoms with E-state index in [9.17, 15) is 4.79 Å². The SMILES string of the molecule is COC(=O)C=Cc1cncc(Cl)n1. The predicted molar refractivity (Wildman–Crippen MR) is 48.1 cm³/mol. The molecule has 1 heterocycles. The van der Waals surface area contributed by atoms with Gasteiger partial charge in [0, 0.05) is 6.08 Å². The average Bonchev–Trinajstić information content (AvgIpc) is 2.14. The van der Waals surface area contributed by atoms with E-state index in [1.807, 2.05) is 0 Å². The Morgan fingerprint density at radius 1 is 1.62 bits per heavy atom. The largest absolute Gasteiger partial charge is 0.466 e. The van der Waals surface area contributed by atoms with Crippen LogP contribution in [0.15, 0.2) is 18.5 Å². The van der Waals surface area contributed by atoms with Crippen molar-refractivity contribution in [2.45, 2.75) is 0 Å². The maximum Gasteiger partial charge on any atom is 0.330 e. The van der Waals surface area contributed by atoms with E-state index in [0.717, 1.165) is 0 Å². The third-order valence-electron chi connectivity index (χ3n) is 1.22. The van der Waals surface area contributed by atoms with Crippen molar-refractivity contribution in [2.24, 2.45) is 0 Å². The minimum atomic E-state index is -0.443. The van der Waals surface area contributed by atoms with Gasteiger partial charge in [0.05, 0.1) is 25.2 Å². The first-order valence-electron chi connectivity index (χ1n) is 3.46. The Hall–Kier alpha value is -1.42. The molecule has 0 spiro atoms. The molecule has 0 saturated heterocycles. The number of esters is 1. The van der Waals surface area contributed by atoms with E-state index in [-0.39, 0.29) is 5.15 Å². The molecule has 13 heavy (non-hydrogen) atoms. The molecule has 0 fully saturated rings. The van der Waals surface area contributed by atoms with Crippen molar-refractivity contribution >= 4 is 23.6 Å². The molecule has 4 nitrogen and oxygen atoms in total. The molecule has 0 aliphatic heterocycles. The normalized spacial score (nSPS) is 10.3. The molecule has 0 N–H and O–H groups in total. The molecule has 1 aromatic heterocycles. The lowest BCUT2D eigenvalue weighted by molar-refractivity contribution is -0.134. The van der Waals surface area contributed by atoms with Gasteiger partial charge in [0.25, 0.3) is 0 Å². The summed E-state index contributed by atoms with van der Waals surface area (Å²) in [5.74, 6) is -0.443. The number of aromatic nitrogens is 2. The summed E-state index contributed by atoms with van der Waals surface area (Å²) >= 11 is 5.57. The van der Waals surface area contributed by atoms with Gasteiger partial charge in [0.2, 0.25) is 0 Å². The molecule has 0 aliphatic carbocycles. The van der Waals surface area contributed by atoms with Crippen molar-refractivity contribution in [3.63, 3.8) is 0 Å². The molecule has 0 radical (unpaired) electrons. The van der Waals surface area contributed by atoms with Crippen LogP contribution in [0, 0.1) is 0 Å². The third-order valence-corrected chi connectivity index (χ3v) is 1.40. The van der Waals surface area contributed by atoms with E-state index >= 15 is 0 Å². The fourth-order valence-electron chi connectivity index (χ4n) is 0.658. The Morgan fingerprint density at radius 3 is 3.00 bits per heavy atom. The molecule has 0 aliphatic rings. The summed E-state index contributed by atoms with van der Waals surface area (Å²) in [6.45, 7) is 0. The lowest BCUT2D eigenvalue weighted by Crippen LogP contribution is -1.94. The number of hydrogen-bond donors (Lipinski definition) is 0. The van der Waals surface area contributed by atoms with Crippen LogP contribution >= 0.6 is 11.6 Å². The second kappa shape index (κ2) is 4.57. The lowest BCUT2D eigenvalue weighted by Gasteiger charge is -1.92. The van der Waals surface area contributed by atoms with Gasteiger partial charge in [-0.2, -0.15) is 0 Å². The standard InChI is InChI=1S/C8H7ClN2O2/c1-13-8(12)3-2-6-4-10-5-7(9)11-6/h2-5H,1H3. The number of halogens is 1. The van der Waals surface area contributed by atoms with Crippen LogP contribution in [-0.4, -0.2) is 23.0 Å². The third kappa shape index (κ3) is 3.21. The molecule has 0 aromatic carbocycles. The van der Waals surface area contributed by atoms with Gasteiger partial charge in [0.1, 0.15) is 5.15 Å². The molecule has 1 aromatic rings. The predicted octanol–water partition coefficient (Wildman–Crippen LogP) is 1.32.